The van der Waals surface area contributed by atoms with Gasteiger partial charge in [-0.1, -0.05) is 31.4 Å². The summed E-state index contributed by atoms with van der Waals surface area (Å²) in [7, 11) is 0. The number of nitrogens with one attached hydrogen (secondary N) is 3. The molecule has 2 aliphatic rings. The fraction of sp³-hybridized carbons (Fsp3) is 0.609. The van der Waals surface area contributed by atoms with Crippen molar-refractivity contribution >= 4 is 23.5 Å². The minimum absolute atomic E-state index is 0.0216. The van der Waals surface area contributed by atoms with Crippen LogP contribution in [0.5, 0.6) is 0 Å². The van der Waals surface area contributed by atoms with E-state index in [1.807, 2.05) is 17.0 Å². The SMILES string of the molecule is O=C(CCCNC(=O)NC1CCCCC1)Nc1ccccc1C(=O)N1CCCCC1. The van der Waals surface area contributed by atoms with Gasteiger partial charge in [0, 0.05) is 32.1 Å². The molecule has 3 N–H and O–H groups in total. The second-order valence-electron chi connectivity index (χ2n) is 8.29. The summed E-state index contributed by atoms with van der Waals surface area (Å²) < 4.78 is 0. The van der Waals surface area contributed by atoms with Crippen molar-refractivity contribution in [3.8, 4) is 0 Å². The first-order chi connectivity index (χ1) is 14.6. The molecule has 1 aliphatic carbocycles. The molecule has 3 rings (SSSR count). The minimum Gasteiger partial charge on any atom is -0.339 e. The van der Waals surface area contributed by atoms with Gasteiger partial charge in [0.2, 0.25) is 5.91 Å². The largest absolute Gasteiger partial charge is 0.339 e. The molecule has 4 amide bonds. The predicted octanol–water partition coefficient (Wildman–Crippen LogP) is 3.66. The zero-order valence-electron chi connectivity index (χ0n) is 17.8. The van der Waals surface area contributed by atoms with Gasteiger partial charge in [-0.05, 0) is 50.7 Å². The van der Waals surface area contributed by atoms with Crippen molar-refractivity contribution in [3.05, 3.63) is 29.8 Å². The van der Waals surface area contributed by atoms with E-state index in [1.54, 1.807) is 12.1 Å². The number of nitrogens with zero attached hydrogens (tertiary/aromatic N) is 1. The summed E-state index contributed by atoms with van der Waals surface area (Å²) in [5.74, 6) is -0.171. The first-order valence-electron chi connectivity index (χ1n) is 11.4. The number of hydrogen-bond acceptors (Lipinski definition) is 3. The number of para-hydroxylation sites is 1. The van der Waals surface area contributed by atoms with Crippen molar-refractivity contribution in [1.29, 1.82) is 0 Å². The molecule has 7 nitrogen and oxygen atoms in total. The van der Waals surface area contributed by atoms with E-state index in [-0.39, 0.29) is 30.3 Å². The monoisotopic (exact) mass is 414 g/mol. The van der Waals surface area contributed by atoms with Gasteiger partial charge in [0.25, 0.3) is 5.91 Å². The van der Waals surface area contributed by atoms with Crippen LogP contribution < -0.4 is 16.0 Å². The highest BCUT2D eigenvalue weighted by molar-refractivity contribution is 6.03. The number of amides is 4. The highest BCUT2D eigenvalue weighted by Crippen LogP contribution is 2.20. The average molecular weight is 415 g/mol. The Labute approximate surface area is 179 Å². The molecule has 30 heavy (non-hydrogen) atoms. The lowest BCUT2D eigenvalue weighted by atomic mass is 9.96. The van der Waals surface area contributed by atoms with E-state index in [1.165, 1.54) is 19.3 Å². The second-order valence-corrected chi connectivity index (χ2v) is 8.29. The van der Waals surface area contributed by atoms with Gasteiger partial charge in [0.05, 0.1) is 11.3 Å². The number of likely N-dealkylation sites (tertiary alicyclic amines) is 1. The van der Waals surface area contributed by atoms with Gasteiger partial charge in [-0.2, -0.15) is 0 Å². The Hall–Kier alpha value is -2.57. The summed E-state index contributed by atoms with van der Waals surface area (Å²) in [5, 5.41) is 8.71. The Morgan fingerprint density at radius 3 is 2.40 bits per heavy atom. The summed E-state index contributed by atoms with van der Waals surface area (Å²) in [5.41, 5.74) is 1.10. The third-order valence-corrected chi connectivity index (χ3v) is 5.88. The molecule has 0 bridgehead atoms. The fourth-order valence-corrected chi connectivity index (χ4v) is 4.19. The Morgan fingerprint density at radius 1 is 0.933 bits per heavy atom. The third kappa shape index (κ3) is 6.75. The van der Waals surface area contributed by atoms with E-state index in [0.717, 1.165) is 45.2 Å². The van der Waals surface area contributed by atoms with Gasteiger partial charge in [-0.25, -0.2) is 4.79 Å². The smallest absolute Gasteiger partial charge is 0.315 e. The first-order valence-corrected chi connectivity index (χ1v) is 11.4. The maximum Gasteiger partial charge on any atom is 0.315 e. The molecule has 1 aliphatic heterocycles. The lowest BCUT2D eigenvalue weighted by Gasteiger charge is -2.27. The van der Waals surface area contributed by atoms with E-state index < -0.39 is 0 Å². The second kappa shape index (κ2) is 11.6. The van der Waals surface area contributed by atoms with Gasteiger partial charge in [0.1, 0.15) is 0 Å². The number of benzene rings is 1. The summed E-state index contributed by atoms with van der Waals surface area (Å²) in [4.78, 5) is 39.0. The highest BCUT2D eigenvalue weighted by atomic mass is 16.2. The van der Waals surface area contributed by atoms with Crippen molar-refractivity contribution in [1.82, 2.24) is 15.5 Å². The molecule has 1 saturated heterocycles. The third-order valence-electron chi connectivity index (χ3n) is 5.88. The molecule has 0 unspecified atom stereocenters. The van der Waals surface area contributed by atoms with Crippen LogP contribution >= 0.6 is 0 Å². The van der Waals surface area contributed by atoms with Crippen LogP contribution in [0.2, 0.25) is 0 Å². The highest BCUT2D eigenvalue weighted by Gasteiger charge is 2.21. The Balaban J connectivity index is 1.40. The van der Waals surface area contributed by atoms with Crippen molar-refractivity contribution in [2.75, 3.05) is 25.0 Å². The molecule has 7 heteroatoms. The lowest BCUT2D eigenvalue weighted by Crippen LogP contribution is -2.43. The number of rotatable bonds is 7. The van der Waals surface area contributed by atoms with Gasteiger partial charge >= 0.3 is 6.03 Å². The van der Waals surface area contributed by atoms with Gasteiger partial charge in [-0.3, -0.25) is 9.59 Å². The summed E-state index contributed by atoms with van der Waals surface area (Å²) in [6, 6.07) is 7.30. The van der Waals surface area contributed by atoms with Crippen LogP contribution in [0.15, 0.2) is 24.3 Å². The zero-order chi connectivity index (χ0) is 21.2. The zero-order valence-corrected chi connectivity index (χ0v) is 17.8. The van der Waals surface area contributed by atoms with E-state index >= 15 is 0 Å². The predicted molar refractivity (Wildman–Crippen MR) is 117 cm³/mol. The molecule has 2 fully saturated rings. The number of carbonyl (C=O) groups is 3. The maximum atomic E-state index is 12.8. The Bertz CT molecular complexity index is 725. The molecule has 164 valence electrons. The molecule has 0 aromatic heterocycles. The van der Waals surface area contributed by atoms with Gasteiger partial charge in [-0.15, -0.1) is 0 Å². The van der Waals surface area contributed by atoms with Crippen LogP contribution in [-0.4, -0.2) is 48.4 Å². The molecule has 0 atom stereocenters. The first kappa shape index (κ1) is 22.1. The van der Waals surface area contributed by atoms with Crippen LogP contribution in [0.4, 0.5) is 10.5 Å². The molecular weight excluding hydrogens is 380 g/mol. The standard InChI is InChI=1S/C23H34N4O3/c28-21(14-9-15-24-23(30)25-18-10-3-1-4-11-18)26-20-13-6-5-12-19(20)22(29)27-16-7-2-8-17-27/h5-6,12-13,18H,1-4,7-11,14-17H2,(H,26,28)(H2,24,25,30). The molecule has 1 aromatic rings. The minimum atomic E-state index is -0.153. The van der Waals surface area contributed by atoms with Crippen LogP contribution in [-0.2, 0) is 4.79 Å². The van der Waals surface area contributed by atoms with Crippen molar-refractivity contribution in [2.45, 2.75) is 70.3 Å². The lowest BCUT2D eigenvalue weighted by molar-refractivity contribution is -0.116. The molecular formula is C23H34N4O3. The fourth-order valence-electron chi connectivity index (χ4n) is 4.19. The van der Waals surface area contributed by atoms with Crippen LogP contribution in [0, 0.1) is 0 Å². The van der Waals surface area contributed by atoms with E-state index in [0.29, 0.717) is 24.2 Å². The molecule has 1 heterocycles. The summed E-state index contributed by atoms with van der Waals surface area (Å²) in [6.45, 7) is 1.99. The van der Waals surface area contributed by atoms with E-state index in [2.05, 4.69) is 16.0 Å². The molecule has 1 aromatic carbocycles. The number of urea groups is 1. The number of piperidine rings is 1. The van der Waals surface area contributed by atoms with Gasteiger partial charge in [0.15, 0.2) is 0 Å². The van der Waals surface area contributed by atoms with E-state index in [4.69, 9.17) is 0 Å². The number of carbonyl (C=O) groups excluding carboxylic acids is 3. The van der Waals surface area contributed by atoms with Crippen LogP contribution in [0.3, 0.4) is 0 Å². The van der Waals surface area contributed by atoms with Crippen LogP contribution in [0.1, 0.15) is 74.6 Å². The average Bonchev–Trinajstić information content (AvgIpc) is 2.78. The molecule has 0 spiro atoms. The number of hydrogen-bond donors (Lipinski definition) is 3. The number of anilines is 1. The van der Waals surface area contributed by atoms with Crippen molar-refractivity contribution in [3.63, 3.8) is 0 Å². The molecule has 0 radical (unpaired) electrons. The molecule has 1 saturated carbocycles. The van der Waals surface area contributed by atoms with Crippen molar-refractivity contribution < 1.29 is 14.4 Å². The normalized spacial score (nSPS) is 17.3. The van der Waals surface area contributed by atoms with Crippen molar-refractivity contribution in [2.24, 2.45) is 0 Å². The quantitative estimate of drug-likeness (QED) is 0.595. The summed E-state index contributed by atoms with van der Waals surface area (Å²) in [6.07, 6.45) is 9.75. The van der Waals surface area contributed by atoms with E-state index in [9.17, 15) is 14.4 Å². The van der Waals surface area contributed by atoms with Gasteiger partial charge < -0.3 is 20.9 Å². The summed E-state index contributed by atoms with van der Waals surface area (Å²) >= 11 is 0. The Kier molecular flexibility index (Phi) is 8.53. The maximum absolute atomic E-state index is 12.8. The van der Waals surface area contributed by atoms with Crippen LogP contribution in [0.25, 0.3) is 0 Å². The Morgan fingerprint density at radius 2 is 1.63 bits per heavy atom. The topological polar surface area (TPSA) is 90.5 Å².